The van der Waals surface area contributed by atoms with Crippen molar-refractivity contribution < 1.29 is 122 Å². The number of nitrogens with one attached hydrogen (secondary N) is 6. The summed E-state index contributed by atoms with van der Waals surface area (Å²) in [6, 6.07) is 12.0. The molecule has 15 bridgehead atoms. The van der Waals surface area contributed by atoms with Gasteiger partial charge in [0.15, 0.2) is 41.2 Å². The van der Waals surface area contributed by atoms with Crippen molar-refractivity contribution in [2.45, 2.75) is 203 Å². The van der Waals surface area contributed by atoms with E-state index in [0.29, 0.717) is 24.0 Å². The molecular formula is C88H100Cl2N6O25. The van der Waals surface area contributed by atoms with Gasteiger partial charge in [0.25, 0.3) is 0 Å². The molecule has 0 spiro atoms. The Balaban J connectivity index is 0.964. The zero-order valence-corrected chi connectivity index (χ0v) is 68.7. The maximum absolute atomic E-state index is 16.7. The van der Waals surface area contributed by atoms with Crippen molar-refractivity contribution in [3.63, 3.8) is 0 Å². The van der Waals surface area contributed by atoms with Gasteiger partial charge in [0.2, 0.25) is 41.6 Å². The van der Waals surface area contributed by atoms with Gasteiger partial charge in [0, 0.05) is 60.9 Å². The fraction of sp³-hybridized carbons (Fsp3) is 0.489. The second kappa shape index (κ2) is 36.6. The van der Waals surface area contributed by atoms with Crippen molar-refractivity contribution in [3.8, 4) is 62.9 Å². The van der Waals surface area contributed by atoms with Crippen LogP contribution < -0.4 is 50.8 Å². The van der Waals surface area contributed by atoms with Gasteiger partial charge in [-0.2, -0.15) is 0 Å². The lowest BCUT2D eigenvalue weighted by atomic mass is 9.51. The number of anilines is 1. The number of fused-ring (bicyclic) bond motifs is 15. The number of rotatable bonds is 17. The third-order valence-corrected chi connectivity index (χ3v) is 25.6. The van der Waals surface area contributed by atoms with E-state index in [0.717, 1.165) is 62.4 Å². The number of aliphatic hydroxyl groups is 6. The third-order valence-electron chi connectivity index (χ3n) is 25.0. The van der Waals surface area contributed by atoms with Gasteiger partial charge in [-0.25, -0.2) is 4.79 Å². The molecule has 7 amide bonds. The average molecular weight is 1710 g/mol. The molecule has 646 valence electrons. The molecule has 4 aliphatic carbocycles. The van der Waals surface area contributed by atoms with E-state index in [2.05, 4.69) is 31.9 Å². The van der Waals surface area contributed by atoms with Gasteiger partial charge in [-0.1, -0.05) is 69.1 Å². The molecule has 11 aliphatic rings. The smallest absolute Gasteiger partial charge is 0.325 e. The predicted octanol–water partition coefficient (Wildman–Crippen LogP) is 9.26. The summed E-state index contributed by atoms with van der Waals surface area (Å²) in [5, 5.41) is 122. The maximum Gasteiger partial charge on any atom is 0.325 e. The van der Waals surface area contributed by atoms with Crippen molar-refractivity contribution in [2.75, 3.05) is 19.0 Å². The lowest BCUT2D eigenvalue weighted by Gasteiger charge is -2.54. The minimum Gasteiger partial charge on any atom is -0.508 e. The molecule has 4 saturated carbocycles. The van der Waals surface area contributed by atoms with Crippen LogP contribution in [0.25, 0.3) is 11.1 Å². The van der Waals surface area contributed by atoms with Gasteiger partial charge in [-0.15, -0.1) is 0 Å². The lowest BCUT2D eigenvalue weighted by molar-refractivity contribution is -0.332. The number of aliphatic hydroxyl groups excluding tert-OH is 6. The van der Waals surface area contributed by atoms with Gasteiger partial charge in [-0.3, -0.25) is 43.7 Å². The fourth-order valence-corrected chi connectivity index (χ4v) is 19.4. The van der Waals surface area contributed by atoms with Crippen molar-refractivity contribution >= 4 is 81.8 Å². The Morgan fingerprint density at radius 2 is 1.29 bits per heavy atom. The van der Waals surface area contributed by atoms with Crippen LogP contribution >= 0.6 is 23.2 Å². The van der Waals surface area contributed by atoms with E-state index in [1.165, 1.54) is 79.9 Å². The van der Waals surface area contributed by atoms with Crippen LogP contribution in [0, 0.1) is 53.3 Å². The van der Waals surface area contributed by atoms with Crippen LogP contribution in [0.15, 0.2) is 103 Å². The van der Waals surface area contributed by atoms with Crippen LogP contribution in [0.3, 0.4) is 0 Å². The summed E-state index contributed by atoms with van der Waals surface area (Å²) < 4.78 is 44.5. The Hall–Kier alpha value is -10.0. The number of phenolic OH excluding ortho intramolecular Hbond substituents is 3. The van der Waals surface area contributed by atoms with Gasteiger partial charge in [0.1, 0.15) is 89.2 Å². The molecule has 7 heterocycles. The summed E-state index contributed by atoms with van der Waals surface area (Å²) in [5.74, 6) is -16.1. The molecule has 15 N–H and O–H groups in total. The number of methoxy groups -OCH3 is 1. The highest BCUT2D eigenvalue weighted by molar-refractivity contribution is 6.32. The molecule has 18 atom stereocenters. The minimum absolute atomic E-state index is 0.0165. The van der Waals surface area contributed by atoms with E-state index < -0.39 is 223 Å². The molecule has 6 fully saturated rings. The summed E-state index contributed by atoms with van der Waals surface area (Å²) in [4.78, 5) is 139. The molecule has 7 aliphatic heterocycles. The van der Waals surface area contributed by atoms with Crippen LogP contribution in [0.5, 0.6) is 51.7 Å². The first-order valence-corrected chi connectivity index (χ1v) is 41.7. The van der Waals surface area contributed by atoms with Gasteiger partial charge >= 0.3 is 6.03 Å². The topological polar surface area (TPSA) is 472 Å². The Labute approximate surface area is 706 Å². The van der Waals surface area contributed by atoms with E-state index in [1.807, 2.05) is 13.8 Å². The monoisotopic (exact) mass is 1710 g/mol. The fourth-order valence-electron chi connectivity index (χ4n) is 18.9. The molecule has 6 aromatic carbocycles. The lowest BCUT2D eigenvalue weighted by Crippen LogP contribution is -2.62. The molecule has 2 saturated heterocycles. The molecular weight excluding hydrogens is 1610 g/mol. The Morgan fingerprint density at radius 1 is 0.645 bits per heavy atom. The Bertz CT molecular complexity index is 4930. The van der Waals surface area contributed by atoms with E-state index in [4.69, 9.17) is 56.4 Å². The minimum atomic E-state index is -2.24. The number of hydrogen-bond donors (Lipinski definition) is 15. The number of carbonyl (C=O) groups is 9. The van der Waals surface area contributed by atoms with Gasteiger partial charge < -0.3 is 106 Å². The third kappa shape index (κ3) is 18.8. The highest BCUT2D eigenvalue weighted by Crippen LogP contribution is 2.59. The van der Waals surface area contributed by atoms with Crippen LogP contribution in [-0.4, -0.2) is 174 Å². The first-order chi connectivity index (χ1) is 57.7. The number of phenols is 3. The number of imide groups is 1. The van der Waals surface area contributed by atoms with Crippen LogP contribution in [0.4, 0.5) is 10.5 Å². The van der Waals surface area contributed by atoms with E-state index >= 15 is 28.8 Å². The predicted molar refractivity (Wildman–Crippen MR) is 433 cm³/mol. The number of Topliss-reactive ketones (excluding diaryl/α,β-unsaturated/α-hetero) is 3. The maximum atomic E-state index is 16.7. The van der Waals surface area contributed by atoms with Gasteiger partial charge in [0.05, 0.1) is 47.8 Å². The van der Waals surface area contributed by atoms with Crippen LogP contribution in [-0.2, 0) is 52.6 Å². The van der Waals surface area contributed by atoms with Crippen molar-refractivity contribution in [2.24, 2.45) is 53.3 Å². The number of hydrogen-bond acceptors (Lipinski definition) is 25. The second-order valence-electron chi connectivity index (χ2n) is 33.8. The van der Waals surface area contributed by atoms with Crippen LogP contribution in [0.2, 0.25) is 10.0 Å². The highest BCUT2D eigenvalue weighted by atomic mass is 35.5. The first kappa shape index (κ1) is 87.3. The largest absolute Gasteiger partial charge is 0.508 e. The van der Waals surface area contributed by atoms with E-state index in [-0.39, 0.29) is 109 Å². The number of ketones is 3. The zero-order chi connectivity index (χ0) is 86.4. The molecule has 0 aromatic heterocycles. The average Bonchev–Trinajstić information content (AvgIpc) is 0.756. The van der Waals surface area contributed by atoms with Crippen molar-refractivity contribution in [1.82, 2.24) is 26.6 Å². The summed E-state index contributed by atoms with van der Waals surface area (Å²) in [6.07, 6.45) is -14.5. The molecule has 0 unspecified atom stereocenters. The van der Waals surface area contributed by atoms with Crippen molar-refractivity contribution in [1.29, 1.82) is 0 Å². The number of carbonyl (C=O) groups excluding carboxylic acids is 9. The van der Waals surface area contributed by atoms with E-state index in [9.17, 15) is 60.3 Å². The summed E-state index contributed by atoms with van der Waals surface area (Å²) in [7, 11) is 1.42. The zero-order valence-electron chi connectivity index (χ0n) is 67.2. The Kier molecular flexibility index (Phi) is 26.4. The molecule has 17 rings (SSSR count). The van der Waals surface area contributed by atoms with Crippen LogP contribution in [0.1, 0.15) is 170 Å². The molecule has 33 heteroatoms. The number of benzene rings is 6. The summed E-state index contributed by atoms with van der Waals surface area (Å²) >= 11 is 14.5. The first-order valence-electron chi connectivity index (χ1n) is 40.9. The quantitative estimate of drug-likeness (QED) is 0.0404. The molecule has 31 nitrogen and oxygen atoms in total. The number of aromatic hydroxyl groups is 3. The van der Waals surface area contributed by atoms with Gasteiger partial charge in [-0.05, 0) is 200 Å². The van der Waals surface area contributed by atoms with E-state index in [1.54, 1.807) is 20.8 Å². The number of urea groups is 1. The SMILES string of the molecule is CC[C@H](CC(C)C)C(=O)N[C@H]1C(=O)C[C@@H](CC(=O)NC(=O)Nc2ccc(OC)cc2)C(=O)N[C@H]2C(=O)C[C@H]3C(=O)N[C@H](C(=O)N[C@H](C(=O)CC4C5CC6CC(C5)CC4C6)c4cc(O)cc(O)c4-c4cc3ccc4O)[C@H](O)c3ccc(c(Cl)c3)Oc3cc2cc(c3O[C@@H]2O[C@H](CO)[C@@H](O)[C@H](O)[C@H]2O[C@H]2C[C@@H](C)[C@H](O)[C@H](C)O2)Oc2ccc(cc2Cl)[C@H]1O. The summed E-state index contributed by atoms with van der Waals surface area (Å²) in [5.41, 5.74) is -1.45. The Morgan fingerprint density at radius 3 is 1.90 bits per heavy atom. The number of ether oxygens (including phenoxy) is 7. The number of amides is 7. The molecule has 0 radical (unpaired) electrons. The molecule has 6 aromatic rings. The molecule has 121 heavy (non-hydrogen) atoms. The van der Waals surface area contributed by atoms with Crippen molar-refractivity contribution in [3.05, 3.63) is 141 Å². The summed E-state index contributed by atoms with van der Waals surface area (Å²) in [6.45, 7) is 7.87. The highest BCUT2D eigenvalue weighted by Gasteiger charge is 2.53. The second-order valence-corrected chi connectivity index (χ2v) is 34.6. The number of halogens is 2. The normalized spacial score (nSPS) is 30.5. The standard InChI is InChI=1S/C88H100Cl2N6O25/c1-7-42(18-37(2)3)83(110)95-74-61(101)28-49(31-69(104)92-88(114)91-50-11-13-52(115-6)14-12-50)84(111)93-72-48-29-66(117-64-16-9-44(77(74)106)26-57(64)89)81(121-87-82(80(109)79(108)68(36-97)119-87)120-70-19-38(4)76(105)39(5)116-70)67(30-48)118-65-17-10-45(27-58(65)90)78(107)75-86(113)94-73(63(103)34-53-46-21-40-20-41(23-46)24-47(53)22-40)56-32-51(98)33-60(100)71(56)55-25-43(8-15-59(55)99)54(35-62(72)102)85(112)96-75/h8-17,25-27,29-30,32-33,37-42,46-47,49,53-54,68,70,72-80,82,87,97-100,105-109H,7,18-24,28,31,34-36H2,1-6H3,(H,93,111)(H,94,113)(H,95,110)(H,96,112)(H2,91,92,104,114)/t38-,39+,40?,41?,42-,46?,47?,49+,53?,54-,68-,70+,72-,73+,74+,75+,76+,77-,78-,79-,80+,82-,87+/m1/s1.